The summed E-state index contributed by atoms with van der Waals surface area (Å²) in [6, 6.07) is 1.25. The molecule has 0 atom stereocenters. The normalized spacial score (nSPS) is 12.9. The van der Waals surface area contributed by atoms with E-state index in [1.807, 2.05) is 26.0 Å². The molecule has 0 amide bonds. The molecule has 0 aromatic carbocycles. The van der Waals surface area contributed by atoms with Gasteiger partial charge in [-0.2, -0.15) is 0 Å². The van der Waals surface area contributed by atoms with E-state index in [1.54, 1.807) is 4.90 Å². The van der Waals surface area contributed by atoms with Crippen molar-refractivity contribution in [3.8, 4) is 0 Å². The Morgan fingerprint density at radius 3 is 1.94 bits per heavy atom. The molecule has 6 nitrogen and oxygen atoms in total. The highest BCUT2D eigenvalue weighted by molar-refractivity contribution is 6.08. The Morgan fingerprint density at radius 1 is 1.11 bits per heavy atom. The van der Waals surface area contributed by atoms with E-state index < -0.39 is 6.10 Å². The highest BCUT2D eigenvalue weighted by Crippen LogP contribution is 2.18. The van der Waals surface area contributed by atoms with Gasteiger partial charge in [0.1, 0.15) is 0 Å². The molecule has 0 bridgehead atoms. The lowest BCUT2D eigenvalue weighted by atomic mass is 10.5. The molecule has 0 rings (SSSR count). The van der Waals surface area contributed by atoms with Gasteiger partial charge in [-0.3, -0.25) is 9.89 Å². The molecule has 18 heavy (non-hydrogen) atoms. The lowest BCUT2D eigenvalue weighted by molar-refractivity contribution is -0.405. The van der Waals surface area contributed by atoms with E-state index in [0.29, 0.717) is 0 Å². The Kier molecular flexibility index (Phi) is 8.17. The highest BCUT2D eigenvalue weighted by atomic mass is 28.1. The van der Waals surface area contributed by atoms with Crippen LogP contribution in [0.25, 0.3) is 0 Å². The van der Waals surface area contributed by atoms with E-state index in [0.717, 1.165) is 18.9 Å². The van der Waals surface area contributed by atoms with Crippen LogP contribution in [0.2, 0.25) is 6.04 Å². The molecule has 0 N–H and O–H groups in total. The number of methoxy groups -OCH3 is 3. The maximum atomic E-state index is 5.32. The molecule has 0 aliphatic heterocycles. The number of rotatable bonds is 7. The molecular weight excluding hydrogens is 250 g/mol. The molecule has 0 radical (unpaired) electrons. The zero-order valence-corrected chi connectivity index (χ0v) is 14.7. The molecule has 7 heteroatoms. The average Bonchev–Trinajstić information content (AvgIpc) is 2.37. The smallest absolute Gasteiger partial charge is 0.349 e. The molecule has 108 valence electrons. The first kappa shape index (κ1) is 17.4. The lowest BCUT2D eigenvalue weighted by Crippen LogP contribution is -2.57. The molecule has 0 aromatic heterocycles. The fourth-order valence-corrected chi connectivity index (χ4v) is 1.98. The zero-order chi connectivity index (χ0) is 14.2. The SMILES string of the molecule is COC(OC)(OC)N(C)C(=NCCC[SiH3])N(C)C. The standard InChI is InChI=1S/C11H27N3O3Si/c1-13(2)10(12-8-7-9-18)14(3)11(15-4,16-5)17-6/h7-9H2,1-6,18H3. The van der Waals surface area contributed by atoms with Crippen LogP contribution in [0.3, 0.4) is 0 Å². The van der Waals surface area contributed by atoms with Crippen LogP contribution in [0.5, 0.6) is 0 Å². The summed E-state index contributed by atoms with van der Waals surface area (Å²) < 4.78 is 15.9. The van der Waals surface area contributed by atoms with Crippen LogP contribution in [-0.2, 0) is 14.2 Å². The van der Waals surface area contributed by atoms with Crippen LogP contribution in [0.4, 0.5) is 0 Å². The Bertz CT molecular complexity index is 250. The van der Waals surface area contributed by atoms with Gasteiger partial charge in [0.05, 0.1) is 0 Å². The summed E-state index contributed by atoms with van der Waals surface area (Å²) in [5, 5.41) is 0. The quantitative estimate of drug-likeness (QED) is 0.208. The average molecular weight is 277 g/mol. The second-order valence-corrected chi connectivity index (χ2v) is 5.12. The third-order valence-electron chi connectivity index (χ3n) is 2.65. The Hall–Kier alpha value is -0.633. The Balaban J connectivity index is 5.04. The summed E-state index contributed by atoms with van der Waals surface area (Å²) in [6.45, 7) is 0.800. The van der Waals surface area contributed by atoms with Crippen LogP contribution < -0.4 is 0 Å². The van der Waals surface area contributed by atoms with Crippen molar-refractivity contribution in [2.45, 2.75) is 18.6 Å². The van der Waals surface area contributed by atoms with Crippen molar-refractivity contribution in [1.29, 1.82) is 0 Å². The van der Waals surface area contributed by atoms with E-state index in [1.165, 1.54) is 37.6 Å². The Labute approximate surface area is 113 Å². The van der Waals surface area contributed by atoms with Gasteiger partial charge < -0.3 is 19.1 Å². The Morgan fingerprint density at radius 2 is 1.61 bits per heavy atom. The largest absolute Gasteiger partial charge is 0.378 e. The summed E-state index contributed by atoms with van der Waals surface area (Å²) >= 11 is 0. The minimum atomic E-state index is -1.25. The van der Waals surface area contributed by atoms with Gasteiger partial charge in [-0.1, -0.05) is 6.04 Å². The van der Waals surface area contributed by atoms with Gasteiger partial charge >= 0.3 is 6.10 Å². The summed E-state index contributed by atoms with van der Waals surface area (Å²) in [5.74, 6) is 0.760. The van der Waals surface area contributed by atoms with Crippen LogP contribution in [-0.4, -0.2) is 81.1 Å². The van der Waals surface area contributed by atoms with Gasteiger partial charge in [-0.05, 0) is 6.42 Å². The molecular formula is C11H27N3O3Si. The zero-order valence-electron chi connectivity index (χ0n) is 12.7. The monoisotopic (exact) mass is 277 g/mol. The predicted octanol–water partition coefficient (Wildman–Crippen LogP) is -0.440. The van der Waals surface area contributed by atoms with Gasteiger partial charge in [-0.15, -0.1) is 0 Å². The molecule has 0 heterocycles. The third-order valence-corrected chi connectivity index (χ3v) is 3.36. The molecule has 0 spiro atoms. The first-order valence-electron chi connectivity index (χ1n) is 6.10. The van der Waals surface area contributed by atoms with Gasteiger partial charge in [0.25, 0.3) is 0 Å². The van der Waals surface area contributed by atoms with Crippen LogP contribution in [0, 0.1) is 0 Å². The molecule has 0 saturated heterocycles. The lowest BCUT2D eigenvalue weighted by Gasteiger charge is -2.39. The van der Waals surface area contributed by atoms with Gasteiger partial charge in [0.15, 0.2) is 0 Å². The fraction of sp³-hybridized carbons (Fsp3) is 0.909. The van der Waals surface area contributed by atoms with Crippen molar-refractivity contribution in [2.24, 2.45) is 4.99 Å². The first-order chi connectivity index (χ1) is 8.48. The predicted molar refractivity (Wildman–Crippen MR) is 76.9 cm³/mol. The first-order valence-corrected chi connectivity index (χ1v) is 7.51. The van der Waals surface area contributed by atoms with E-state index in [-0.39, 0.29) is 0 Å². The van der Waals surface area contributed by atoms with Gasteiger partial charge in [-0.25, -0.2) is 0 Å². The van der Waals surface area contributed by atoms with Crippen molar-refractivity contribution < 1.29 is 14.2 Å². The van der Waals surface area contributed by atoms with Crippen molar-refractivity contribution in [3.05, 3.63) is 0 Å². The second-order valence-electron chi connectivity index (χ2n) is 4.12. The third kappa shape index (κ3) is 4.24. The van der Waals surface area contributed by atoms with Gasteiger partial charge in [0.2, 0.25) is 5.96 Å². The fourth-order valence-electron chi connectivity index (χ4n) is 1.67. The number of aliphatic imine (C=N–C) groups is 1. The summed E-state index contributed by atoms with van der Waals surface area (Å²) in [4.78, 5) is 8.23. The van der Waals surface area contributed by atoms with Crippen LogP contribution in [0.15, 0.2) is 4.99 Å². The number of guanidine groups is 1. The topological polar surface area (TPSA) is 46.5 Å². The van der Waals surface area contributed by atoms with E-state index in [4.69, 9.17) is 14.2 Å². The summed E-state index contributed by atoms with van der Waals surface area (Å²) in [6.07, 6.45) is -0.137. The van der Waals surface area contributed by atoms with Crippen molar-refractivity contribution in [2.75, 3.05) is 49.0 Å². The number of hydrogen-bond acceptors (Lipinski definition) is 4. The van der Waals surface area contributed by atoms with Crippen LogP contribution in [0.1, 0.15) is 6.42 Å². The molecule has 0 fully saturated rings. The number of hydrogen-bond donors (Lipinski definition) is 0. The van der Waals surface area contributed by atoms with E-state index >= 15 is 0 Å². The summed E-state index contributed by atoms with van der Waals surface area (Å²) in [5.41, 5.74) is 0. The van der Waals surface area contributed by atoms with Crippen LogP contribution >= 0.6 is 0 Å². The van der Waals surface area contributed by atoms with Crippen molar-refractivity contribution in [1.82, 2.24) is 9.80 Å². The molecule has 0 unspecified atom stereocenters. The maximum Gasteiger partial charge on any atom is 0.378 e. The molecule has 0 aliphatic carbocycles. The van der Waals surface area contributed by atoms with Crippen molar-refractivity contribution >= 4 is 16.2 Å². The van der Waals surface area contributed by atoms with E-state index in [2.05, 4.69) is 4.99 Å². The molecule has 0 aliphatic rings. The van der Waals surface area contributed by atoms with Gasteiger partial charge in [0, 0.05) is 59.3 Å². The van der Waals surface area contributed by atoms with E-state index in [9.17, 15) is 0 Å². The minimum Gasteiger partial charge on any atom is -0.349 e. The highest BCUT2D eigenvalue weighted by Gasteiger charge is 2.38. The second kappa shape index (κ2) is 8.47. The molecule has 0 saturated carbocycles. The summed E-state index contributed by atoms with van der Waals surface area (Å²) in [7, 11) is 11.5. The minimum absolute atomic E-state index is 0.760. The van der Waals surface area contributed by atoms with Crippen molar-refractivity contribution in [3.63, 3.8) is 0 Å². The number of nitrogens with zero attached hydrogens (tertiary/aromatic N) is 3. The maximum absolute atomic E-state index is 5.32. The number of ether oxygens (including phenoxy) is 3. The molecule has 0 aromatic rings.